The Balaban J connectivity index is 2.63. The fraction of sp³-hybridized carbons (Fsp3) is 0.750. The molecular formula is C12H20F3N3. The summed E-state index contributed by atoms with van der Waals surface area (Å²) in [6.45, 7) is 4.55. The summed E-state index contributed by atoms with van der Waals surface area (Å²) in [5.74, 6) is 0. The highest BCUT2D eigenvalue weighted by Gasteiger charge is 2.27. The maximum absolute atomic E-state index is 12.1. The van der Waals surface area contributed by atoms with E-state index in [9.17, 15) is 13.2 Å². The first-order valence-electron chi connectivity index (χ1n) is 6.13. The molecule has 3 nitrogen and oxygen atoms in total. The van der Waals surface area contributed by atoms with Crippen LogP contribution in [-0.4, -0.2) is 22.5 Å². The van der Waals surface area contributed by atoms with Crippen LogP contribution in [0.15, 0.2) is 6.20 Å². The van der Waals surface area contributed by atoms with E-state index in [1.54, 1.807) is 4.68 Å². The van der Waals surface area contributed by atoms with Crippen molar-refractivity contribution in [1.82, 2.24) is 15.1 Å². The lowest BCUT2D eigenvalue weighted by atomic mass is 10.0. The number of rotatable bonds is 6. The van der Waals surface area contributed by atoms with Gasteiger partial charge in [0.1, 0.15) is 0 Å². The van der Waals surface area contributed by atoms with Gasteiger partial charge in [0.2, 0.25) is 0 Å². The van der Waals surface area contributed by atoms with Gasteiger partial charge < -0.3 is 5.32 Å². The molecule has 18 heavy (non-hydrogen) atoms. The molecule has 0 radical (unpaired) electrons. The number of aromatic nitrogens is 2. The normalized spacial score (nSPS) is 13.9. The van der Waals surface area contributed by atoms with Crippen molar-refractivity contribution in [3.63, 3.8) is 0 Å². The second-order valence-electron chi connectivity index (χ2n) is 4.46. The van der Waals surface area contributed by atoms with Crippen LogP contribution in [0.4, 0.5) is 13.2 Å². The van der Waals surface area contributed by atoms with Crippen LogP contribution in [-0.2, 0) is 7.05 Å². The zero-order valence-corrected chi connectivity index (χ0v) is 11.0. The van der Waals surface area contributed by atoms with Crippen LogP contribution in [0.5, 0.6) is 0 Å². The number of halogens is 3. The second-order valence-corrected chi connectivity index (χ2v) is 4.46. The van der Waals surface area contributed by atoms with Gasteiger partial charge in [-0.3, -0.25) is 4.68 Å². The molecule has 1 atom stereocenters. The molecule has 1 aromatic rings. The predicted molar refractivity (Wildman–Crippen MR) is 64.3 cm³/mol. The highest BCUT2D eigenvalue weighted by Crippen LogP contribution is 2.27. The number of nitrogens with zero attached hydrogens (tertiary/aromatic N) is 2. The van der Waals surface area contributed by atoms with Crippen molar-refractivity contribution in [1.29, 1.82) is 0 Å². The molecule has 0 amide bonds. The van der Waals surface area contributed by atoms with E-state index >= 15 is 0 Å². The van der Waals surface area contributed by atoms with E-state index in [-0.39, 0.29) is 12.5 Å². The van der Waals surface area contributed by atoms with Crippen LogP contribution < -0.4 is 5.32 Å². The molecule has 0 saturated carbocycles. The summed E-state index contributed by atoms with van der Waals surface area (Å²) in [6, 6.07) is -0.0500. The molecule has 0 aliphatic rings. The van der Waals surface area contributed by atoms with Crippen molar-refractivity contribution in [3.8, 4) is 0 Å². The van der Waals surface area contributed by atoms with Crippen LogP contribution in [0.3, 0.4) is 0 Å². The number of hydrogen-bond acceptors (Lipinski definition) is 2. The van der Waals surface area contributed by atoms with Gasteiger partial charge in [0.25, 0.3) is 0 Å². The Bertz CT molecular complexity index is 371. The Morgan fingerprint density at radius 3 is 2.56 bits per heavy atom. The third-order valence-electron chi connectivity index (χ3n) is 2.83. The largest absolute Gasteiger partial charge is 0.389 e. The first-order chi connectivity index (χ1) is 8.33. The molecule has 0 saturated heterocycles. The van der Waals surface area contributed by atoms with Crippen molar-refractivity contribution in [2.24, 2.45) is 7.05 Å². The summed E-state index contributed by atoms with van der Waals surface area (Å²) in [4.78, 5) is 0. The lowest BCUT2D eigenvalue weighted by Crippen LogP contribution is -2.22. The minimum atomic E-state index is -4.07. The van der Waals surface area contributed by atoms with Crippen molar-refractivity contribution in [2.45, 2.75) is 45.3 Å². The average Bonchev–Trinajstić information content (AvgIpc) is 2.55. The van der Waals surface area contributed by atoms with E-state index < -0.39 is 12.6 Å². The van der Waals surface area contributed by atoms with Crippen LogP contribution in [0.1, 0.15) is 43.5 Å². The van der Waals surface area contributed by atoms with Crippen LogP contribution in [0.25, 0.3) is 0 Å². The molecule has 1 heterocycles. The van der Waals surface area contributed by atoms with E-state index in [1.807, 2.05) is 27.1 Å². The highest BCUT2D eigenvalue weighted by atomic mass is 19.4. The molecule has 6 heteroatoms. The van der Waals surface area contributed by atoms with Crippen LogP contribution in [0.2, 0.25) is 0 Å². The van der Waals surface area contributed by atoms with Gasteiger partial charge in [-0.15, -0.1) is 0 Å². The fourth-order valence-corrected chi connectivity index (χ4v) is 2.08. The number of nitrogens with one attached hydrogen (secondary N) is 1. The average molecular weight is 263 g/mol. The molecule has 0 aromatic carbocycles. The molecule has 0 spiro atoms. The van der Waals surface area contributed by atoms with E-state index in [0.29, 0.717) is 6.42 Å². The van der Waals surface area contributed by atoms with Gasteiger partial charge in [-0.1, -0.05) is 6.92 Å². The summed E-state index contributed by atoms with van der Waals surface area (Å²) in [5.41, 5.74) is 1.86. The van der Waals surface area contributed by atoms with Gasteiger partial charge in [-0.25, -0.2) is 0 Å². The molecule has 0 bridgehead atoms. The number of aryl methyl sites for hydroxylation is 2. The monoisotopic (exact) mass is 263 g/mol. The fourth-order valence-electron chi connectivity index (χ4n) is 2.08. The Morgan fingerprint density at radius 2 is 2.11 bits per heavy atom. The molecule has 0 aliphatic carbocycles. The third kappa shape index (κ3) is 4.68. The lowest BCUT2D eigenvalue weighted by Gasteiger charge is -2.17. The molecule has 1 unspecified atom stereocenters. The second kappa shape index (κ2) is 6.22. The van der Waals surface area contributed by atoms with Gasteiger partial charge in [0, 0.05) is 31.3 Å². The van der Waals surface area contributed by atoms with Crippen molar-refractivity contribution in [3.05, 3.63) is 17.5 Å². The van der Waals surface area contributed by atoms with E-state index in [0.717, 1.165) is 17.8 Å². The Kier molecular flexibility index (Phi) is 5.19. The lowest BCUT2D eigenvalue weighted by molar-refractivity contribution is -0.135. The topological polar surface area (TPSA) is 29.9 Å². The van der Waals surface area contributed by atoms with Crippen molar-refractivity contribution in [2.75, 3.05) is 6.54 Å². The van der Waals surface area contributed by atoms with Gasteiger partial charge in [-0.05, 0) is 26.3 Å². The van der Waals surface area contributed by atoms with Gasteiger partial charge in [-0.2, -0.15) is 18.3 Å². The summed E-state index contributed by atoms with van der Waals surface area (Å²) in [5, 5.41) is 7.44. The summed E-state index contributed by atoms with van der Waals surface area (Å²) in [6.07, 6.45) is -2.32. The third-order valence-corrected chi connectivity index (χ3v) is 2.83. The molecule has 1 rings (SSSR count). The Labute approximate surface area is 105 Å². The van der Waals surface area contributed by atoms with Gasteiger partial charge in [0.05, 0.1) is 5.69 Å². The van der Waals surface area contributed by atoms with E-state index in [1.165, 1.54) is 0 Å². The van der Waals surface area contributed by atoms with E-state index in [4.69, 9.17) is 0 Å². The molecule has 0 fully saturated rings. The van der Waals surface area contributed by atoms with E-state index in [2.05, 4.69) is 10.4 Å². The first kappa shape index (κ1) is 15.0. The SMILES string of the molecule is CCNC(CCCC(F)(F)F)c1cn(C)nc1C. The van der Waals surface area contributed by atoms with Crippen LogP contribution in [0, 0.1) is 6.92 Å². The van der Waals surface area contributed by atoms with Crippen molar-refractivity contribution < 1.29 is 13.2 Å². The zero-order chi connectivity index (χ0) is 13.8. The van der Waals surface area contributed by atoms with Gasteiger partial charge in [0.15, 0.2) is 0 Å². The minimum absolute atomic E-state index is 0.0500. The number of hydrogen-bond donors (Lipinski definition) is 1. The molecule has 1 aromatic heterocycles. The quantitative estimate of drug-likeness (QED) is 0.854. The smallest absolute Gasteiger partial charge is 0.310 e. The molecule has 0 aliphatic heterocycles. The number of alkyl halides is 3. The predicted octanol–water partition coefficient (Wildman–Crippen LogP) is 3.11. The summed E-state index contributed by atoms with van der Waals surface area (Å²) in [7, 11) is 1.81. The maximum atomic E-state index is 12.1. The van der Waals surface area contributed by atoms with Gasteiger partial charge >= 0.3 is 6.18 Å². The van der Waals surface area contributed by atoms with Crippen molar-refractivity contribution >= 4 is 0 Å². The zero-order valence-electron chi connectivity index (χ0n) is 11.0. The maximum Gasteiger partial charge on any atom is 0.389 e. The van der Waals surface area contributed by atoms with Crippen LogP contribution >= 0.6 is 0 Å². The first-order valence-corrected chi connectivity index (χ1v) is 6.13. The highest BCUT2D eigenvalue weighted by molar-refractivity contribution is 5.19. The molecular weight excluding hydrogens is 243 g/mol. The molecule has 104 valence electrons. The molecule has 1 N–H and O–H groups in total. The minimum Gasteiger partial charge on any atom is -0.310 e. The Morgan fingerprint density at radius 1 is 1.44 bits per heavy atom. The standard InChI is InChI=1S/C12H20F3N3/c1-4-16-11(6-5-7-12(13,14)15)10-8-18(3)17-9(10)2/h8,11,16H,4-7H2,1-3H3. The Hall–Kier alpha value is -1.04. The summed E-state index contributed by atoms with van der Waals surface area (Å²) >= 11 is 0. The summed E-state index contributed by atoms with van der Waals surface area (Å²) < 4.78 is 38.1.